The van der Waals surface area contributed by atoms with Crippen molar-refractivity contribution in [3.63, 3.8) is 0 Å². The van der Waals surface area contributed by atoms with Crippen LogP contribution < -0.4 is 10.1 Å². The first-order chi connectivity index (χ1) is 13.1. The lowest BCUT2D eigenvalue weighted by Crippen LogP contribution is -2.37. The molecule has 1 N–H and O–H groups in total. The first-order valence-electron chi connectivity index (χ1n) is 9.72. The van der Waals surface area contributed by atoms with Crippen LogP contribution in [0.4, 0.5) is 0 Å². The Bertz CT molecular complexity index is 805. The molecule has 0 aromatic carbocycles. The Balaban J connectivity index is 1.85. The van der Waals surface area contributed by atoms with Gasteiger partial charge in [0.15, 0.2) is 5.82 Å². The average Bonchev–Trinajstić information content (AvgIpc) is 3.23. The molecule has 2 atom stereocenters. The van der Waals surface area contributed by atoms with Gasteiger partial charge in [0.25, 0.3) is 5.91 Å². The maximum absolute atomic E-state index is 13.0. The maximum Gasteiger partial charge on any atom is 0.261 e. The van der Waals surface area contributed by atoms with E-state index in [0.29, 0.717) is 29.1 Å². The Hall–Kier alpha value is -1.73. The molecule has 0 aliphatic heterocycles. The number of amides is 1. The predicted molar refractivity (Wildman–Crippen MR) is 108 cm³/mol. The van der Waals surface area contributed by atoms with Gasteiger partial charge in [0.2, 0.25) is 5.88 Å². The normalized spacial score (nSPS) is 19.6. The van der Waals surface area contributed by atoms with E-state index < -0.39 is 0 Å². The zero-order valence-corrected chi connectivity index (χ0v) is 17.4. The smallest absolute Gasteiger partial charge is 0.261 e. The van der Waals surface area contributed by atoms with Crippen molar-refractivity contribution < 1.29 is 14.3 Å². The van der Waals surface area contributed by atoms with Crippen LogP contribution in [0.25, 0.3) is 10.2 Å². The molecule has 2 aromatic rings. The Labute approximate surface area is 164 Å². The lowest BCUT2D eigenvalue weighted by Gasteiger charge is -2.20. The van der Waals surface area contributed by atoms with Gasteiger partial charge in [-0.05, 0) is 37.7 Å². The molecule has 0 saturated heterocycles. The highest BCUT2D eigenvalue weighted by Crippen LogP contribution is 2.36. The van der Waals surface area contributed by atoms with Crippen molar-refractivity contribution in [2.45, 2.75) is 65.0 Å². The summed E-state index contributed by atoms with van der Waals surface area (Å²) in [5.41, 5.74) is 0.886. The molecule has 1 aliphatic rings. The average molecular weight is 392 g/mol. The third kappa shape index (κ3) is 4.24. The zero-order chi connectivity index (χ0) is 19.4. The summed E-state index contributed by atoms with van der Waals surface area (Å²) < 4.78 is 10.6. The number of hydrogen-bond donors (Lipinski definition) is 1. The van der Waals surface area contributed by atoms with Gasteiger partial charge in [-0.25, -0.2) is 4.98 Å². The van der Waals surface area contributed by atoms with Gasteiger partial charge in [0.1, 0.15) is 11.4 Å². The number of hydrogen-bond acceptors (Lipinski definition) is 6. The SMILES string of the molecule is CCCCC1CCCC1NC(=O)c1sc2nc(COC)nc(OC)c2c1C. The lowest BCUT2D eigenvalue weighted by molar-refractivity contribution is 0.0930. The maximum atomic E-state index is 13.0. The first-order valence-corrected chi connectivity index (χ1v) is 10.5. The minimum Gasteiger partial charge on any atom is -0.480 e. The van der Waals surface area contributed by atoms with Crippen LogP contribution in [0.1, 0.15) is 66.5 Å². The van der Waals surface area contributed by atoms with Gasteiger partial charge in [0.05, 0.1) is 17.4 Å². The van der Waals surface area contributed by atoms with Gasteiger partial charge in [-0.3, -0.25) is 4.79 Å². The standard InChI is InChI=1S/C20H29N3O3S/c1-5-6-8-13-9-7-10-14(13)21-18(24)17-12(2)16-19(26-4)22-15(11-25-3)23-20(16)27-17/h13-14H,5-11H2,1-4H3,(H,21,24). The van der Waals surface area contributed by atoms with Crippen LogP contribution in [0, 0.1) is 12.8 Å². The zero-order valence-electron chi connectivity index (χ0n) is 16.6. The van der Waals surface area contributed by atoms with E-state index >= 15 is 0 Å². The summed E-state index contributed by atoms with van der Waals surface area (Å²) in [7, 11) is 3.20. The van der Waals surface area contributed by atoms with Crippen molar-refractivity contribution in [1.29, 1.82) is 0 Å². The van der Waals surface area contributed by atoms with Crippen LogP contribution in [0.3, 0.4) is 0 Å². The van der Waals surface area contributed by atoms with Crippen LogP contribution in [-0.2, 0) is 11.3 Å². The molecule has 1 amide bonds. The Morgan fingerprint density at radius 1 is 1.30 bits per heavy atom. The first kappa shape index (κ1) is 20.0. The van der Waals surface area contributed by atoms with Crippen LogP contribution in [0.5, 0.6) is 5.88 Å². The molecule has 3 rings (SSSR count). The fourth-order valence-electron chi connectivity index (χ4n) is 3.97. The molecule has 0 radical (unpaired) electrons. The van der Waals surface area contributed by atoms with Gasteiger partial charge < -0.3 is 14.8 Å². The van der Waals surface area contributed by atoms with Crippen LogP contribution >= 0.6 is 11.3 Å². The molecule has 148 valence electrons. The number of ether oxygens (including phenoxy) is 2. The summed E-state index contributed by atoms with van der Waals surface area (Å²) in [6.07, 6.45) is 7.13. The number of carbonyl (C=O) groups excluding carboxylic acids is 1. The second-order valence-electron chi connectivity index (χ2n) is 7.23. The van der Waals surface area contributed by atoms with E-state index in [2.05, 4.69) is 22.2 Å². The van der Waals surface area contributed by atoms with E-state index in [1.165, 1.54) is 43.4 Å². The highest BCUT2D eigenvalue weighted by Gasteiger charge is 2.30. The lowest BCUT2D eigenvalue weighted by atomic mass is 9.96. The molecule has 0 spiro atoms. The number of aryl methyl sites for hydroxylation is 1. The largest absolute Gasteiger partial charge is 0.480 e. The molecule has 1 aliphatic carbocycles. The topological polar surface area (TPSA) is 73.3 Å². The van der Waals surface area contributed by atoms with E-state index in [0.717, 1.165) is 22.2 Å². The van der Waals surface area contributed by atoms with Gasteiger partial charge >= 0.3 is 0 Å². The van der Waals surface area contributed by atoms with E-state index in [9.17, 15) is 4.79 Å². The second-order valence-corrected chi connectivity index (χ2v) is 8.23. The molecule has 1 saturated carbocycles. The quantitative estimate of drug-likeness (QED) is 0.728. The minimum atomic E-state index is -0.000701. The molecule has 2 aromatic heterocycles. The van der Waals surface area contributed by atoms with E-state index in [-0.39, 0.29) is 11.9 Å². The molecule has 7 heteroatoms. The number of rotatable bonds is 8. The van der Waals surface area contributed by atoms with E-state index in [4.69, 9.17) is 9.47 Å². The number of nitrogens with zero attached hydrogens (tertiary/aromatic N) is 2. The molecular formula is C20H29N3O3S. The Morgan fingerprint density at radius 3 is 2.81 bits per heavy atom. The Morgan fingerprint density at radius 2 is 2.11 bits per heavy atom. The number of nitrogens with one attached hydrogen (secondary N) is 1. The summed E-state index contributed by atoms with van der Waals surface area (Å²) in [5, 5.41) is 4.11. The summed E-state index contributed by atoms with van der Waals surface area (Å²) in [5.74, 6) is 1.66. The second kappa shape index (κ2) is 8.97. The van der Waals surface area contributed by atoms with Gasteiger partial charge in [0, 0.05) is 13.2 Å². The monoisotopic (exact) mass is 391 g/mol. The molecule has 1 fully saturated rings. The molecule has 6 nitrogen and oxygen atoms in total. The van der Waals surface area contributed by atoms with Gasteiger partial charge in [-0.2, -0.15) is 4.98 Å². The third-order valence-electron chi connectivity index (χ3n) is 5.38. The summed E-state index contributed by atoms with van der Waals surface area (Å²) in [6.45, 7) is 4.47. The molecule has 27 heavy (non-hydrogen) atoms. The molecule has 2 heterocycles. The molecule has 0 bridgehead atoms. The summed E-state index contributed by atoms with van der Waals surface area (Å²) >= 11 is 1.41. The highest BCUT2D eigenvalue weighted by atomic mass is 32.1. The Kier molecular flexibility index (Phi) is 6.65. The van der Waals surface area contributed by atoms with Crippen LogP contribution in [-0.4, -0.2) is 36.1 Å². The van der Waals surface area contributed by atoms with Crippen molar-refractivity contribution in [2.75, 3.05) is 14.2 Å². The fraction of sp³-hybridized carbons (Fsp3) is 0.650. The van der Waals surface area contributed by atoms with Gasteiger partial charge in [-0.1, -0.05) is 26.2 Å². The van der Waals surface area contributed by atoms with Crippen LogP contribution in [0.2, 0.25) is 0 Å². The highest BCUT2D eigenvalue weighted by molar-refractivity contribution is 7.20. The third-order valence-corrected chi connectivity index (χ3v) is 6.56. The van der Waals surface area contributed by atoms with Crippen molar-refractivity contribution in [2.24, 2.45) is 5.92 Å². The number of thiophene rings is 1. The summed E-state index contributed by atoms with van der Waals surface area (Å²) in [4.78, 5) is 23.4. The van der Waals surface area contributed by atoms with Crippen molar-refractivity contribution in [3.05, 3.63) is 16.3 Å². The predicted octanol–water partition coefficient (Wildman–Crippen LogP) is 4.24. The number of unbranched alkanes of at least 4 members (excludes halogenated alkanes) is 1. The molecular weight excluding hydrogens is 362 g/mol. The van der Waals surface area contributed by atoms with Crippen molar-refractivity contribution >= 4 is 27.5 Å². The number of aromatic nitrogens is 2. The number of carbonyl (C=O) groups is 1. The van der Waals surface area contributed by atoms with Crippen molar-refractivity contribution in [1.82, 2.24) is 15.3 Å². The van der Waals surface area contributed by atoms with Crippen LogP contribution in [0.15, 0.2) is 0 Å². The minimum absolute atomic E-state index is 0.000701. The van der Waals surface area contributed by atoms with E-state index in [1.807, 2.05) is 6.92 Å². The van der Waals surface area contributed by atoms with Gasteiger partial charge in [-0.15, -0.1) is 11.3 Å². The van der Waals surface area contributed by atoms with Crippen molar-refractivity contribution in [3.8, 4) is 5.88 Å². The summed E-state index contributed by atoms with van der Waals surface area (Å²) in [6, 6.07) is 0.283. The molecule has 2 unspecified atom stereocenters. The van der Waals surface area contributed by atoms with E-state index in [1.54, 1.807) is 14.2 Å². The fourth-order valence-corrected chi connectivity index (χ4v) is 5.07. The number of methoxy groups -OCH3 is 2. The number of fused-ring (bicyclic) bond motifs is 1.